The first-order valence-corrected chi connectivity index (χ1v) is 9.26. The molecular weight excluding hydrogens is 400 g/mol. The Morgan fingerprint density at radius 3 is 1.57 bits per heavy atom. The van der Waals surface area contributed by atoms with Gasteiger partial charge in [-0.05, 0) is 63.4 Å². The van der Waals surface area contributed by atoms with E-state index in [1.807, 2.05) is 23.5 Å². The molecule has 0 spiro atoms. The van der Waals surface area contributed by atoms with Crippen LogP contribution in [-0.2, 0) is 21.1 Å². The quantitative estimate of drug-likeness (QED) is 0.233. The van der Waals surface area contributed by atoms with E-state index in [1.165, 1.54) is 37.6 Å². The molecule has 0 fully saturated rings. The van der Waals surface area contributed by atoms with E-state index in [9.17, 15) is 0 Å². The van der Waals surface area contributed by atoms with Crippen molar-refractivity contribution in [3.63, 3.8) is 0 Å². The SMILES string of the molecule is Cc1[c-]c(C)cc(SC(C)(C)Sc2cc(C)c(C)c(C)c2)c1.[Mo]. The van der Waals surface area contributed by atoms with Crippen LogP contribution in [0.5, 0.6) is 0 Å². The van der Waals surface area contributed by atoms with Crippen molar-refractivity contribution < 1.29 is 21.1 Å². The summed E-state index contributed by atoms with van der Waals surface area (Å²) in [5.74, 6) is 0. The van der Waals surface area contributed by atoms with Gasteiger partial charge in [-0.25, -0.2) is 0 Å². The summed E-state index contributed by atoms with van der Waals surface area (Å²) in [7, 11) is 0. The number of benzene rings is 2. The molecule has 0 aliphatic carbocycles. The molecule has 0 radical (unpaired) electrons. The van der Waals surface area contributed by atoms with E-state index < -0.39 is 0 Å². The molecule has 0 heterocycles. The molecule has 0 N–H and O–H groups in total. The standard InChI is InChI=1S/C20H25S2.Mo/c1-13-8-14(2)10-18(9-13)21-20(6,7)22-19-11-15(3)17(5)16(4)12-19;/h9-12H,1-7H3;/q-1;. The van der Waals surface area contributed by atoms with Crippen molar-refractivity contribution in [3.05, 3.63) is 58.1 Å². The number of rotatable bonds is 4. The summed E-state index contributed by atoms with van der Waals surface area (Å²) in [5, 5.41) is 0. The maximum absolute atomic E-state index is 3.35. The summed E-state index contributed by atoms with van der Waals surface area (Å²) in [6.45, 7) is 15.4. The second-order valence-electron chi connectivity index (χ2n) is 6.47. The van der Waals surface area contributed by atoms with E-state index in [2.05, 4.69) is 78.8 Å². The first-order valence-electron chi connectivity index (χ1n) is 7.63. The van der Waals surface area contributed by atoms with Gasteiger partial charge in [-0.3, -0.25) is 0 Å². The molecule has 3 heteroatoms. The molecular formula is C20H25MoS2-. The topological polar surface area (TPSA) is 0 Å². The number of hydrogen-bond acceptors (Lipinski definition) is 2. The van der Waals surface area contributed by atoms with Gasteiger partial charge in [-0.15, -0.1) is 23.5 Å². The Morgan fingerprint density at radius 2 is 1.13 bits per heavy atom. The van der Waals surface area contributed by atoms with Gasteiger partial charge in [0.25, 0.3) is 0 Å². The largest absolute Gasteiger partial charge is 0.177 e. The fraction of sp³-hybridized carbons (Fsp3) is 0.400. The van der Waals surface area contributed by atoms with Gasteiger partial charge in [0.05, 0.1) is 4.08 Å². The first-order chi connectivity index (χ1) is 10.2. The number of hydrogen-bond donors (Lipinski definition) is 0. The average Bonchev–Trinajstić information content (AvgIpc) is 2.33. The fourth-order valence-corrected chi connectivity index (χ4v) is 5.38. The zero-order valence-corrected chi connectivity index (χ0v) is 18.7. The van der Waals surface area contributed by atoms with Crippen LogP contribution >= 0.6 is 23.5 Å². The molecule has 0 nitrogen and oxygen atoms in total. The van der Waals surface area contributed by atoms with Gasteiger partial charge < -0.3 is 0 Å². The van der Waals surface area contributed by atoms with Crippen molar-refractivity contribution >= 4 is 23.5 Å². The van der Waals surface area contributed by atoms with Gasteiger partial charge >= 0.3 is 0 Å². The van der Waals surface area contributed by atoms with Crippen molar-refractivity contribution in [2.24, 2.45) is 0 Å². The molecule has 0 atom stereocenters. The maximum atomic E-state index is 3.35. The zero-order valence-electron chi connectivity index (χ0n) is 15.0. The molecule has 0 aromatic heterocycles. The predicted molar refractivity (Wildman–Crippen MR) is 101 cm³/mol. The summed E-state index contributed by atoms with van der Waals surface area (Å²) >= 11 is 3.87. The molecule has 0 amide bonds. The van der Waals surface area contributed by atoms with E-state index in [-0.39, 0.29) is 25.1 Å². The summed E-state index contributed by atoms with van der Waals surface area (Å²) in [6.07, 6.45) is 0. The van der Waals surface area contributed by atoms with Crippen LogP contribution in [0.1, 0.15) is 41.7 Å². The van der Waals surface area contributed by atoms with Gasteiger partial charge in [0.15, 0.2) is 0 Å². The van der Waals surface area contributed by atoms with Gasteiger partial charge in [-0.2, -0.15) is 29.3 Å². The van der Waals surface area contributed by atoms with Crippen LogP contribution in [0, 0.1) is 40.7 Å². The molecule has 0 saturated heterocycles. The number of thioether (sulfide) groups is 2. The average molecular weight is 425 g/mol. The van der Waals surface area contributed by atoms with E-state index in [0.29, 0.717) is 0 Å². The van der Waals surface area contributed by atoms with E-state index in [0.717, 1.165) is 0 Å². The molecule has 124 valence electrons. The summed E-state index contributed by atoms with van der Waals surface area (Å²) < 4.78 is 0.0916. The van der Waals surface area contributed by atoms with Gasteiger partial charge in [-0.1, -0.05) is 18.7 Å². The summed E-state index contributed by atoms with van der Waals surface area (Å²) in [6, 6.07) is 12.4. The van der Waals surface area contributed by atoms with Crippen molar-refractivity contribution in [2.75, 3.05) is 0 Å². The Balaban J connectivity index is 0.00000264. The Bertz CT molecular complexity index is 647. The minimum Gasteiger partial charge on any atom is -0.177 e. The molecule has 2 aromatic carbocycles. The van der Waals surface area contributed by atoms with E-state index in [4.69, 9.17) is 0 Å². The van der Waals surface area contributed by atoms with Crippen molar-refractivity contribution in [1.29, 1.82) is 0 Å². The molecule has 0 saturated carbocycles. The molecule has 0 aliphatic heterocycles. The van der Waals surface area contributed by atoms with E-state index in [1.54, 1.807) is 0 Å². The monoisotopic (exact) mass is 427 g/mol. The normalized spacial score (nSPS) is 11.3. The third-order valence-corrected chi connectivity index (χ3v) is 6.17. The van der Waals surface area contributed by atoms with E-state index >= 15 is 0 Å². The minimum absolute atomic E-state index is 0. The van der Waals surface area contributed by atoms with Crippen LogP contribution in [-0.4, -0.2) is 4.08 Å². The third kappa shape index (κ3) is 6.00. The first kappa shape index (κ1) is 20.9. The third-order valence-electron chi connectivity index (χ3n) is 3.74. The molecule has 0 unspecified atom stereocenters. The smallest absolute Gasteiger partial charge is 0.0628 e. The van der Waals surface area contributed by atoms with Crippen LogP contribution in [0.3, 0.4) is 0 Å². The molecule has 0 bridgehead atoms. The summed E-state index contributed by atoms with van der Waals surface area (Å²) in [5.41, 5.74) is 6.59. The zero-order chi connectivity index (χ0) is 16.5. The Morgan fingerprint density at radius 1 is 0.739 bits per heavy atom. The molecule has 2 rings (SSSR count). The minimum atomic E-state index is 0. The molecule has 0 aliphatic rings. The Labute approximate surface area is 164 Å². The predicted octanol–water partition coefficient (Wildman–Crippen LogP) is 6.65. The van der Waals surface area contributed by atoms with Crippen LogP contribution in [0.4, 0.5) is 0 Å². The van der Waals surface area contributed by atoms with Crippen molar-refractivity contribution in [2.45, 2.75) is 62.3 Å². The Kier molecular flexibility index (Phi) is 7.51. The maximum Gasteiger partial charge on any atom is 0.0628 e. The fourth-order valence-electron chi connectivity index (χ4n) is 2.55. The van der Waals surface area contributed by atoms with Crippen molar-refractivity contribution in [1.82, 2.24) is 0 Å². The second-order valence-corrected chi connectivity index (χ2v) is 10.1. The molecule has 2 aromatic rings. The van der Waals surface area contributed by atoms with Gasteiger partial charge in [0, 0.05) is 26.0 Å². The number of aryl methyl sites for hydroxylation is 4. The summed E-state index contributed by atoms with van der Waals surface area (Å²) in [4.78, 5) is 2.68. The molecule has 23 heavy (non-hydrogen) atoms. The van der Waals surface area contributed by atoms with Crippen LogP contribution < -0.4 is 0 Å². The Hall–Kier alpha value is -0.172. The van der Waals surface area contributed by atoms with Crippen LogP contribution in [0.25, 0.3) is 0 Å². The second kappa shape index (κ2) is 8.27. The van der Waals surface area contributed by atoms with Crippen molar-refractivity contribution in [3.8, 4) is 0 Å². The van der Waals surface area contributed by atoms with Crippen LogP contribution in [0.15, 0.2) is 34.1 Å². The van der Waals surface area contributed by atoms with Gasteiger partial charge in [0.2, 0.25) is 0 Å². The van der Waals surface area contributed by atoms with Gasteiger partial charge in [0.1, 0.15) is 0 Å². The van der Waals surface area contributed by atoms with Crippen LogP contribution in [0.2, 0.25) is 0 Å².